The van der Waals surface area contributed by atoms with Gasteiger partial charge in [-0.15, -0.1) is 0 Å². The number of hydrogen-bond acceptors (Lipinski definition) is 3. The summed E-state index contributed by atoms with van der Waals surface area (Å²) in [5, 5.41) is 1.19. The number of anilines is 1. The number of hydrogen-bond donors (Lipinski definition) is 0. The Morgan fingerprint density at radius 1 is 1.05 bits per heavy atom. The highest BCUT2D eigenvalue weighted by atomic mass is 16.7. The van der Waals surface area contributed by atoms with E-state index in [-0.39, 0.29) is 0 Å². The first kappa shape index (κ1) is 15.1. The highest BCUT2D eigenvalue weighted by Gasteiger charge is 2.18. The lowest BCUT2D eigenvalue weighted by molar-refractivity contribution is 0.0692. The van der Waals surface area contributed by atoms with Crippen LogP contribution in [0.15, 0.2) is 54.6 Å². The molecule has 0 saturated heterocycles. The minimum Gasteiger partial charge on any atom is -0.448 e. The molecule has 0 spiro atoms. The zero-order valence-electron chi connectivity index (χ0n) is 12.3. The fourth-order valence-corrected chi connectivity index (χ4v) is 1.81. The fourth-order valence-electron chi connectivity index (χ4n) is 1.81. The largest absolute Gasteiger partial charge is 0.448 e. The number of benzene rings is 2. The molecule has 0 unspecified atom stereocenters. The lowest BCUT2D eigenvalue weighted by atomic mass is 10.2. The molecule has 0 fully saturated rings. The van der Waals surface area contributed by atoms with E-state index in [1.54, 1.807) is 6.92 Å². The van der Waals surface area contributed by atoms with E-state index >= 15 is 0 Å². The SMILES string of the molecule is CCOC(=O)N(OCc1ccccc1)c1ccc(C)cc1. The van der Waals surface area contributed by atoms with Gasteiger partial charge in [0.05, 0.1) is 12.3 Å². The van der Waals surface area contributed by atoms with Crippen molar-refractivity contribution >= 4 is 11.8 Å². The van der Waals surface area contributed by atoms with Gasteiger partial charge in [0.15, 0.2) is 0 Å². The summed E-state index contributed by atoms with van der Waals surface area (Å²) in [7, 11) is 0. The topological polar surface area (TPSA) is 38.8 Å². The van der Waals surface area contributed by atoms with E-state index in [2.05, 4.69) is 0 Å². The van der Waals surface area contributed by atoms with Crippen LogP contribution in [-0.2, 0) is 16.2 Å². The van der Waals surface area contributed by atoms with E-state index < -0.39 is 6.09 Å². The average molecular weight is 285 g/mol. The summed E-state index contributed by atoms with van der Waals surface area (Å²) in [5.74, 6) is 0. The molecule has 0 N–H and O–H groups in total. The standard InChI is InChI=1S/C17H19NO3/c1-3-20-17(19)18(16-11-9-14(2)10-12-16)21-13-15-7-5-4-6-8-15/h4-12H,3,13H2,1-2H3. The molecule has 0 atom stereocenters. The number of hydroxylamine groups is 1. The van der Waals surface area contributed by atoms with Crippen molar-refractivity contribution in [2.75, 3.05) is 11.7 Å². The van der Waals surface area contributed by atoms with E-state index in [0.717, 1.165) is 11.1 Å². The Kier molecular flexibility index (Phi) is 5.35. The number of carbonyl (C=O) groups excluding carboxylic acids is 1. The van der Waals surface area contributed by atoms with E-state index in [9.17, 15) is 4.79 Å². The van der Waals surface area contributed by atoms with E-state index in [0.29, 0.717) is 18.9 Å². The lowest BCUT2D eigenvalue weighted by Gasteiger charge is -2.21. The quantitative estimate of drug-likeness (QED) is 0.777. The predicted molar refractivity (Wildman–Crippen MR) is 81.9 cm³/mol. The first-order valence-corrected chi connectivity index (χ1v) is 6.91. The van der Waals surface area contributed by atoms with Crippen LogP contribution < -0.4 is 5.06 Å². The second-order valence-corrected chi connectivity index (χ2v) is 4.59. The Bertz CT molecular complexity index is 566. The predicted octanol–water partition coefficient (Wildman–Crippen LogP) is 4.09. The molecular formula is C17H19NO3. The molecule has 0 bridgehead atoms. The smallest absolute Gasteiger partial charge is 0.438 e. The average Bonchev–Trinajstić information content (AvgIpc) is 2.50. The molecule has 0 aliphatic heterocycles. The summed E-state index contributed by atoms with van der Waals surface area (Å²) >= 11 is 0. The monoisotopic (exact) mass is 285 g/mol. The molecule has 4 heteroatoms. The van der Waals surface area contributed by atoms with Crippen molar-refractivity contribution in [2.45, 2.75) is 20.5 Å². The Labute approximate surface area is 124 Å². The summed E-state index contributed by atoms with van der Waals surface area (Å²) in [5.41, 5.74) is 2.75. The second-order valence-electron chi connectivity index (χ2n) is 4.59. The molecule has 4 nitrogen and oxygen atoms in total. The Balaban J connectivity index is 2.12. The summed E-state index contributed by atoms with van der Waals surface area (Å²) in [6, 6.07) is 17.2. The van der Waals surface area contributed by atoms with Crippen molar-refractivity contribution in [1.29, 1.82) is 0 Å². The van der Waals surface area contributed by atoms with E-state index in [1.807, 2.05) is 61.5 Å². The molecule has 21 heavy (non-hydrogen) atoms. The molecular weight excluding hydrogens is 266 g/mol. The first-order chi connectivity index (χ1) is 10.2. The molecule has 2 aromatic carbocycles. The number of ether oxygens (including phenoxy) is 1. The maximum absolute atomic E-state index is 12.0. The van der Waals surface area contributed by atoms with Crippen LogP contribution >= 0.6 is 0 Å². The lowest BCUT2D eigenvalue weighted by Crippen LogP contribution is -2.31. The third-order valence-corrected chi connectivity index (χ3v) is 2.91. The first-order valence-electron chi connectivity index (χ1n) is 6.91. The summed E-state index contributed by atoms with van der Waals surface area (Å²) in [4.78, 5) is 17.7. The summed E-state index contributed by atoms with van der Waals surface area (Å²) in [6.45, 7) is 4.36. The Morgan fingerprint density at radius 3 is 2.33 bits per heavy atom. The van der Waals surface area contributed by atoms with Gasteiger partial charge in [-0.1, -0.05) is 48.0 Å². The van der Waals surface area contributed by atoms with Crippen LogP contribution in [0.25, 0.3) is 0 Å². The van der Waals surface area contributed by atoms with Crippen molar-refractivity contribution in [3.8, 4) is 0 Å². The third-order valence-electron chi connectivity index (χ3n) is 2.91. The molecule has 1 amide bonds. The van der Waals surface area contributed by atoms with Gasteiger partial charge in [0, 0.05) is 0 Å². The molecule has 2 aromatic rings. The van der Waals surface area contributed by atoms with Crippen LogP contribution in [0.2, 0.25) is 0 Å². The van der Waals surface area contributed by atoms with Crippen LogP contribution in [-0.4, -0.2) is 12.7 Å². The van der Waals surface area contributed by atoms with Crippen LogP contribution in [0.3, 0.4) is 0 Å². The maximum Gasteiger partial charge on any atom is 0.438 e. The molecule has 0 aliphatic rings. The van der Waals surface area contributed by atoms with Crippen LogP contribution in [0.5, 0.6) is 0 Å². The van der Waals surface area contributed by atoms with Crippen molar-refractivity contribution in [3.63, 3.8) is 0 Å². The van der Waals surface area contributed by atoms with Crippen molar-refractivity contribution in [1.82, 2.24) is 0 Å². The van der Waals surface area contributed by atoms with Gasteiger partial charge in [0.25, 0.3) is 0 Å². The molecule has 0 aliphatic carbocycles. The number of nitrogens with zero attached hydrogens (tertiary/aromatic N) is 1. The van der Waals surface area contributed by atoms with Gasteiger partial charge >= 0.3 is 6.09 Å². The third kappa shape index (κ3) is 4.33. The normalized spacial score (nSPS) is 10.2. The molecule has 2 rings (SSSR count). The molecule has 0 heterocycles. The van der Waals surface area contributed by atoms with Gasteiger partial charge in [0.2, 0.25) is 0 Å². The van der Waals surface area contributed by atoms with Crippen LogP contribution in [0.1, 0.15) is 18.1 Å². The van der Waals surface area contributed by atoms with Crippen molar-refractivity contribution in [2.24, 2.45) is 0 Å². The van der Waals surface area contributed by atoms with Gasteiger partial charge in [0.1, 0.15) is 6.61 Å². The maximum atomic E-state index is 12.0. The number of carbonyl (C=O) groups is 1. The number of amides is 1. The van der Waals surface area contributed by atoms with Crippen LogP contribution in [0, 0.1) is 6.92 Å². The Morgan fingerprint density at radius 2 is 1.71 bits per heavy atom. The molecule has 0 aromatic heterocycles. The van der Waals surface area contributed by atoms with Crippen molar-refractivity contribution in [3.05, 3.63) is 65.7 Å². The second kappa shape index (κ2) is 7.45. The zero-order valence-corrected chi connectivity index (χ0v) is 12.3. The highest BCUT2D eigenvalue weighted by molar-refractivity contribution is 5.85. The van der Waals surface area contributed by atoms with E-state index in [4.69, 9.17) is 9.57 Å². The molecule has 110 valence electrons. The zero-order chi connectivity index (χ0) is 15.1. The number of rotatable bonds is 5. The minimum atomic E-state index is -0.516. The Hall–Kier alpha value is -2.33. The summed E-state index contributed by atoms with van der Waals surface area (Å²) < 4.78 is 5.04. The van der Waals surface area contributed by atoms with Gasteiger partial charge in [-0.3, -0.25) is 4.84 Å². The fraction of sp³-hybridized carbons (Fsp3) is 0.235. The summed E-state index contributed by atoms with van der Waals surface area (Å²) in [6.07, 6.45) is -0.516. The van der Waals surface area contributed by atoms with Gasteiger partial charge in [-0.2, -0.15) is 5.06 Å². The molecule has 0 saturated carbocycles. The van der Waals surface area contributed by atoms with Gasteiger partial charge in [-0.05, 0) is 31.5 Å². The van der Waals surface area contributed by atoms with Gasteiger partial charge in [-0.25, -0.2) is 4.79 Å². The number of aryl methyl sites for hydroxylation is 1. The van der Waals surface area contributed by atoms with Crippen molar-refractivity contribution < 1.29 is 14.4 Å². The minimum absolute atomic E-state index is 0.299. The molecule has 0 radical (unpaired) electrons. The van der Waals surface area contributed by atoms with E-state index in [1.165, 1.54) is 5.06 Å². The highest BCUT2D eigenvalue weighted by Crippen LogP contribution is 2.18. The van der Waals surface area contributed by atoms with Crippen LogP contribution in [0.4, 0.5) is 10.5 Å². The van der Waals surface area contributed by atoms with Gasteiger partial charge < -0.3 is 4.74 Å².